The van der Waals surface area contributed by atoms with Crippen molar-refractivity contribution in [2.24, 2.45) is 0 Å². The van der Waals surface area contributed by atoms with Gasteiger partial charge in [0.15, 0.2) is 5.60 Å². The van der Waals surface area contributed by atoms with Crippen LogP contribution in [0.3, 0.4) is 0 Å². The molecule has 0 saturated carbocycles. The second kappa shape index (κ2) is 6.97. The number of para-hydroxylation sites is 1. The van der Waals surface area contributed by atoms with Crippen molar-refractivity contribution in [1.82, 2.24) is 0 Å². The van der Waals surface area contributed by atoms with Crippen LogP contribution in [-0.4, -0.2) is 17.6 Å². The molecule has 4 heteroatoms. The van der Waals surface area contributed by atoms with E-state index in [1.165, 1.54) is 29.8 Å². The second-order valence-electron chi connectivity index (χ2n) is 6.78. The third kappa shape index (κ3) is 3.02. The Morgan fingerprint density at radius 1 is 0.889 bits per heavy atom. The van der Waals surface area contributed by atoms with E-state index in [4.69, 9.17) is 0 Å². The van der Waals surface area contributed by atoms with Gasteiger partial charge in [0.25, 0.3) is 5.91 Å². The number of aliphatic hydroxyl groups is 1. The smallest absolute Gasteiger partial charge is 0.268 e. The Morgan fingerprint density at radius 3 is 2.30 bits per heavy atom. The van der Waals surface area contributed by atoms with E-state index in [2.05, 4.69) is 12.1 Å². The Labute approximate surface area is 157 Å². The summed E-state index contributed by atoms with van der Waals surface area (Å²) < 4.78 is 13.3. The van der Waals surface area contributed by atoms with Gasteiger partial charge in [0, 0.05) is 12.1 Å². The summed E-state index contributed by atoms with van der Waals surface area (Å²) in [7, 11) is 0. The molecule has 0 radical (unpaired) electrons. The summed E-state index contributed by atoms with van der Waals surface area (Å²) in [4.78, 5) is 14.8. The Hall–Kier alpha value is -2.98. The summed E-state index contributed by atoms with van der Waals surface area (Å²) in [6, 6.07) is 22.8. The summed E-state index contributed by atoms with van der Waals surface area (Å²) in [6.07, 6.45) is 1.63. The number of anilines is 1. The molecule has 3 aromatic carbocycles. The number of halogens is 1. The average Bonchev–Trinajstić information content (AvgIpc) is 2.92. The molecule has 0 aromatic heterocycles. The molecule has 1 aliphatic rings. The van der Waals surface area contributed by atoms with Crippen LogP contribution in [-0.2, 0) is 16.8 Å². The molecule has 1 unspecified atom stereocenters. The number of nitrogens with zero attached hydrogens (tertiary/aromatic N) is 1. The first-order valence-electron chi connectivity index (χ1n) is 9.04. The number of aryl methyl sites for hydroxylation is 1. The van der Waals surface area contributed by atoms with Gasteiger partial charge in [-0.15, -0.1) is 0 Å². The first-order chi connectivity index (χ1) is 13.1. The van der Waals surface area contributed by atoms with Crippen LogP contribution in [0.1, 0.15) is 23.1 Å². The van der Waals surface area contributed by atoms with E-state index in [1.807, 2.05) is 30.3 Å². The molecule has 4 rings (SSSR count). The van der Waals surface area contributed by atoms with E-state index in [0.29, 0.717) is 23.4 Å². The third-order valence-electron chi connectivity index (χ3n) is 5.09. The maximum Gasteiger partial charge on any atom is 0.268 e. The minimum absolute atomic E-state index is 0.381. The van der Waals surface area contributed by atoms with Crippen molar-refractivity contribution < 1.29 is 14.3 Å². The summed E-state index contributed by atoms with van der Waals surface area (Å²) in [6.45, 7) is 0.508. The van der Waals surface area contributed by atoms with Crippen molar-refractivity contribution in [2.75, 3.05) is 11.4 Å². The van der Waals surface area contributed by atoms with Crippen molar-refractivity contribution >= 4 is 11.6 Å². The molecule has 136 valence electrons. The van der Waals surface area contributed by atoms with Crippen LogP contribution >= 0.6 is 0 Å². The fourth-order valence-electron chi connectivity index (χ4n) is 3.71. The van der Waals surface area contributed by atoms with Gasteiger partial charge in [0.2, 0.25) is 0 Å². The molecule has 0 saturated heterocycles. The zero-order valence-corrected chi connectivity index (χ0v) is 14.8. The van der Waals surface area contributed by atoms with Gasteiger partial charge in [-0.05, 0) is 42.2 Å². The second-order valence-corrected chi connectivity index (χ2v) is 6.78. The van der Waals surface area contributed by atoms with E-state index < -0.39 is 11.4 Å². The van der Waals surface area contributed by atoms with Crippen molar-refractivity contribution in [2.45, 2.75) is 18.4 Å². The lowest BCUT2D eigenvalue weighted by atomic mass is 9.87. The fourth-order valence-corrected chi connectivity index (χ4v) is 3.71. The predicted molar refractivity (Wildman–Crippen MR) is 103 cm³/mol. The van der Waals surface area contributed by atoms with Crippen LogP contribution in [0.4, 0.5) is 10.1 Å². The zero-order valence-electron chi connectivity index (χ0n) is 14.8. The van der Waals surface area contributed by atoms with E-state index in [0.717, 1.165) is 12.8 Å². The maximum atomic E-state index is 13.3. The number of rotatable bonds is 5. The van der Waals surface area contributed by atoms with E-state index in [1.54, 1.807) is 17.0 Å². The normalized spacial score (nSPS) is 18.6. The number of carbonyl (C=O) groups excluding carboxylic acids is 1. The van der Waals surface area contributed by atoms with Gasteiger partial charge in [-0.2, -0.15) is 0 Å². The topological polar surface area (TPSA) is 40.5 Å². The zero-order chi connectivity index (χ0) is 18.9. The summed E-state index contributed by atoms with van der Waals surface area (Å²) >= 11 is 0. The van der Waals surface area contributed by atoms with E-state index in [-0.39, 0.29) is 5.91 Å². The summed E-state index contributed by atoms with van der Waals surface area (Å²) in [5.41, 5.74) is 1.07. The fraction of sp³-hybridized carbons (Fsp3) is 0.174. The minimum atomic E-state index is -1.78. The molecule has 1 atom stereocenters. The maximum absolute atomic E-state index is 13.3. The largest absolute Gasteiger partial charge is 0.372 e. The van der Waals surface area contributed by atoms with Crippen molar-refractivity contribution in [3.8, 4) is 0 Å². The molecular formula is C23H20FNO2. The number of benzene rings is 3. The van der Waals surface area contributed by atoms with Crippen molar-refractivity contribution in [3.63, 3.8) is 0 Å². The highest BCUT2D eigenvalue weighted by molar-refractivity contribution is 6.09. The Morgan fingerprint density at radius 2 is 1.56 bits per heavy atom. The van der Waals surface area contributed by atoms with Gasteiger partial charge in [0.05, 0.1) is 5.69 Å². The molecule has 0 aliphatic carbocycles. The minimum Gasteiger partial charge on any atom is -0.372 e. The lowest BCUT2D eigenvalue weighted by Crippen LogP contribution is -2.41. The molecule has 3 nitrogen and oxygen atoms in total. The molecule has 27 heavy (non-hydrogen) atoms. The van der Waals surface area contributed by atoms with Gasteiger partial charge in [-0.1, -0.05) is 60.7 Å². The molecule has 0 bridgehead atoms. The van der Waals surface area contributed by atoms with Crippen LogP contribution < -0.4 is 4.90 Å². The van der Waals surface area contributed by atoms with Gasteiger partial charge in [-0.3, -0.25) is 4.79 Å². The molecule has 0 spiro atoms. The quantitative estimate of drug-likeness (QED) is 0.745. The van der Waals surface area contributed by atoms with Crippen LogP contribution in [0, 0.1) is 5.82 Å². The number of fused-ring (bicyclic) bond motifs is 1. The van der Waals surface area contributed by atoms with Crippen molar-refractivity contribution in [3.05, 3.63) is 101 Å². The van der Waals surface area contributed by atoms with Gasteiger partial charge in [0.1, 0.15) is 5.82 Å². The van der Waals surface area contributed by atoms with E-state index >= 15 is 0 Å². The van der Waals surface area contributed by atoms with E-state index in [9.17, 15) is 14.3 Å². The average molecular weight is 361 g/mol. The molecule has 3 aromatic rings. The highest BCUT2D eigenvalue weighted by Gasteiger charge is 2.50. The number of hydrogen-bond donors (Lipinski definition) is 1. The molecule has 1 amide bonds. The lowest BCUT2D eigenvalue weighted by Gasteiger charge is -2.23. The van der Waals surface area contributed by atoms with Gasteiger partial charge < -0.3 is 10.0 Å². The first-order valence-corrected chi connectivity index (χ1v) is 9.04. The lowest BCUT2D eigenvalue weighted by molar-refractivity contribution is -0.132. The molecule has 1 heterocycles. The van der Waals surface area contributed by atoms with Gasteiger partial charge in [-0.25, -0.2) is 4.39 Å². The highest BCUT2D eigenvalue weighted by Crippen LogP contribution is 2.44. The Kier molecular flexibility index (Phi) is 4.50. The number of carbonyl (C=O) groups is 1. The number of amides is 1. The summed E-state index contributed by atoms with van der Waals surface area (Å²) in [5.74, 6) is -0.788. The SMILES string of the molecule is O=C1N(CCCc2ccccc2)c2ccccc2C1(O)c1ccc(F)cc1. The van der Waals surface area contributed by atoms with Crippen LogP contribution in [0.5, 0.6) is 0 Å². The van der Waals surface area contributed by atoms with Crippen LogP contribution in [0.2, 0.25) is 0 Å². The standard InChI is InChI=1S/C23H20FNO2/c24-19-14-12-18(13-15-19)23(27)20-10-4-5-11-21(20)25(22(23)26)16-6-9-17-7-2-1-3-8-17/h1-5,7-8,10-15,27H,6,9,16H2. The number of hydrogen-bond acceptors (Lipinski definition) is 2. The predicted octanol–water partition coefficient (Wildman–Crippen LogP) is 4.04. The molecule has 0 fully saturated rings. The van der Waals surface area contributed by atoms with Crippen LogP contribution in [0.25, 0.3) is 0 Å². The molecule has 1 N–H and O–H groups in total. The highest BCUT2D eigenvalue weighted by atomic mass is 19.1. The first kappa shape index (κ1) is 17.4. The Balaban J connectivity index is 1.62. The monoisotopic (exact) mass is 361 g/mol. The molecule has 1 aliphatic heterocycles. The van der Waals surface area contributed by atoms with Crippen molar-refractivity contribution in [1.29, 1.82) is 0 Å². The Bertz CT molecular complexity index is 956. The van der Waals surface area contributed by atoms with Crippen LogP contribution in [0.15, 0.2) is 78.9 Å². The molecular weight excluding hydrogens is 341 g/mol. The van der Waals surface area contributed by atoms with Gasteiger partial charge >= 0.3 is 0 Å². The third-order valence-corrected chi connectivity index (χ3v) is 5.09. The summed E-state index contributed by atoms with van der Waals surface area (Å²) in [5, 5.41) is 11.3.